The summed E-state index contributed by atoms with van der Waals surface area (Å²) in [5, 5.41) is 11.8. The molecule has 1 unspecified atom stereocenters. The molecule has 1 atom stereocenters. The third kappa shape index (κ3) is 6.95. The first-order valence-corrected chi connectivity index (χ1v) is 11.1. The Kier molecular flexibility index (Phi) is 7.61. The number of nitrogens with zero attached hydrogens (tertiary/aromatic N) is 1. The van der Waals surface area contributed by atoms with Gasteiger partial charge >= 0.3 is 12.3 Å². The van der Waals surface area contributed by atoms with Gasteiger partial charge in [-0.1, -0.05) is 26.3 Å². The van der Waals surface area contributed by atoms with Gasteiger partial charge in [-0.2, -0.15) is 4.31 Å². The van der Waals surface area contributed by atoms with E-state index in [0.717, 1.165) is 24.3 Å². The van der Waals surface area contributed by atoms with Gasteiger partial charge in [0.1, 0.15) is 11.8 Å². The molecule has 0 saturated carbocycles. The monoisotopic (exact) mass is 478 g/mol. The first kappa shape index (κ1) is 25.7. The highest BCUT2D eigenvalue weighted by Gasteiger charge is 2.33. The summed E-state index contributed by atoms with van der Waals surface area (Å²) in [6.45, 7) is 5.20. The average Bonchev–Trinajstić information content (AvgIpc) is 2.64. The Morgan fingerprint density at radius 1 is 1.12 bits per heavy atom. The highest BCUT2D eigenvalue weighted by molar-refractivity contribution is 7.89. The lowest BCUT2D eigenvalue weighted by atomic mass is 9.86. The Balaban J connectivity index is 2.02. The number of carbonyl (C=O) groups excluding carboxylic acids is 1. The molecule has 1 heterocycles. The molecule has 32 heavy (non-hydrogen) atoms. The largest absolute Gasteiger partial charge is 0.573 e. The van der Waals surface area contributed by atoms with Crippen LogP contribution in [0.15, 0.2) is 40.8 Å². The molecular weight excluding hydrogens is 453 g/mol. The predicted octanol–water partition coefficient (Wildman–Crippen LogP) is 2.91. The number of halogens is 3. The van der Waals surface area contributed by atoms with Crippen molar-refractivity contribution in [2.75, 3.05) is 13.1 Å². The smallest absolute Gasteiger partial charge is 0.480 e. The third-order valence-electron chi connectivity index (χ3n) is 4.79. The molecular formula is C20H25F3N2O6S. The van der Waals surface area contributed by atoms with Crippen molar-refractivity contribution in [1.82, 2.24) is 9.62 Å². The fourth-order valence-electron chi connectivity index (χ4n) is 3.14. The SMILES string of the molecule is CC(C)(C)C(NC(=O)C=C1CCN(S(=O)(=O)c2ccc(OC(F)(F)F)cc2)CC1)C(=O)O. The topological polar surface area (TPSA) is 113 Å². The lowest BCUT2D eigenvalue weighted by Crippen LogP contribution is -2.48. The highest BCUT2D eigenvalue weighted by atomic mass is 32.2. The minimum absolute atomic E-state index is 0.0733. The number of ether oxygens (including phenoxy) is 1. The van der Waals surface area contributed by atoms with E-state index >= 15 is 0 Å². The van der Waals surface area contributed by atoms with Gasteiger partial charge in [-0.3, -0.25) is 4.79 Å². The van der Waals surface area contributed by atoms with Gasteiger partial charge < -0.3 is 15.2 Å². The van der Waals surface area contributed by atoms with E-state index in [0.29, 0.717) is 5.57 Å². The van der Waals surface area contributed by atoms with Crippen molar-refractivity contribution in [1.29, 1.82) is 0 Å². The summed E-state index contributed by atoms with van der Waals surface area (Å²) in [6.07, 6.45) is -3.07. The van der Waals surface area contributed by atoms with Crippen LogP contribution in [0.3, 0.4) is 0 Å². The molecule has 0 aromatic heterocycles. The van der Waals surface area contributed by atoms with Crippen molar-refractivity contribution in [2.45, 2.75) is 50.9 Å². The first-order chi connectivity index (χ1) is 14.6. The van der Waals surface area contributed by atoms with Gasteiger partial charge in [-0.25, -0.2) is 13.2 Å². The maximum Gasteiger partial charge on any atom is 0.573 e. The second kappa shape index (κ2) is 9.49. The van der Waals surface area contributed by atoms with E-state index < -0.39 is 45.5 Å². The van der Waals surface area contributed by atoms with E-state index in [2.05, 4.69) is 10.1 Å². The van der Waals surface area contributed by atoms with Crippen LogP contribution in [-0.4, -0.2) is 55.2 Å². The van der Waals surface area contributed by atoms with Gasteiger partial charge in [-0.05, 0) is 42.5 Å². The zero-order chi connectivity index (χ0) is 24.3. The fourth-order valence-corrected chi connectivity index (χ4v) is 4.58. The summed E-state index contributed by atoms with van der Waals surface area (Å²) in [5.74, 6) is -2.25. The van der Waals surface area contributed by atoms with Gasteiger partial charge in [0, 0.05) is 19.2 Å². The van der Waals surface area contributed by atoms with E-state index in [9.17, 15) is 36.3 Å². The molecule has 2 rings (SSSR count). The number of hydrogen-bond acceptors (Lipinski definition) is 5. The van der Waals surface area contributed by atoms with Gasteiger partial charge in [0.2, 0.25) is 15.9 Å². The molecule has 178 valence electrons. The number of carbonyl (C=O) groups is 2. The maximum atomic E-state index is 12.7. The van der Waals surface area contributed by atoms with Crippen molar-refractivity contribution in [3.8, 4) is 5.75 Å². The normalized spacial score (nSPS) is 16.9. The van der Waals surface area contributed by atoms with Gasteiger partial charge in [0.05, 0.1) is 4.90 Å². The number of amides is 1. The zero-order valence-corrected chi connectivity index (χ0v) is 18.6. The minimum Gasteiger partial charge on any atom is -0.480 e. The Hall–Kier alpha value is -2.60. The van der Waals surface area contributed by atoms with E-state index in [1.807, 2.05) is 0 Å². The van der Waals surface area contributed by atoms with Crippen LogP contribution in [0.4, 0.5) is 13.2 Å². The number of aliphatic carboxylic acids is 1. The van der Waals surface area contributed by atoms with Crippen LogP contribution in [0.2, 0.25) is 0 Å². The van der Waals surface area contributed by atoms with Crippen molar-refractivity contribution in [3.63, 3.8) is 0 Å². The summed E-state index contributed by atoms with van der Waals surface area (Å²) < 4.78 is 67.1. The van der Waals surface area contributed by atoms with Crippen molar-refractivity contribution in [2.24, 2.45) is 5.41 Å². The van der Waals surface area contributed by atoms with Crippen molar-refractivity contribution >= 4 is 21.9 Å². The quantitative estimate of drug-likeness (QED) is 0.608. The number of rotatable bonds is 6. The second-order valence-corrected chi connectivity index (χ2v) is 10.3. The van der Waals surface area contributed by atoms with Crippen molar-refractivity contribution < 1.29 is 41.0 Å². The summed E-state index contributed by atoms with van der Waals surface area (Å²) in [7, 11) is -3.93. The lowest BCUT2D eigenvalue weighted by Gasteiger charge is -2.29. The van der Waals surface area contributed by atoms with E-state index in [1.165, 1.54) is 10.4 Å². The minimum atomic E-state index is -4.88. The number of nitrogens with one attached hydrogen (secondary N) is 1. The zero-order valence-electron chi connectivity index (χ0n) is 17.8. The average molecular weight is 478 g/mol. The molecule has 0 spiro atoms. The molecule has 12 heteroatoms. The predicted molar refractivity (Wildman–Crippen MR) is 108 cm³/mol. The lowest BCUT2D eigenvalue weighted by molar-refractivity contribution is -0.274. The molecule has 1 aliphatic rings. The molecule has 0 radical (unpaired) electrons. The van der Waals surface area contributed by atoms with Crippen LogP contribution in [0.25, 0.3) is 0 Å². The fraction of sp³-hybridized carbons (Fsp3) is 0.500. The number of piperidine rings is 1. The second-order valence-electron chi connectivity index (χ2n) is 8.37. The molecule has 2 N–H and O–H groups in total. The van der Waals surface area contributed by atoms with Gasteiger partial charge in [0.25, 0.3) is 0 Å². The van der Waals surface area contributed by atoms with Crippen molar-refractivity contribution in [3.05, 3.63) is 35.9 Å². The molecule has 1 saturated heterocycles. The number of carboxylic acid groups (broad SMARTS) is 1. The molecule has 1 aromatic rings. The summed E-state index contributed by atoms with van der Waals surface area (Å²) >= 11 is 0. The van der Waals surface area contributed by atoms with Crippen LogP contribution in [0.1, 0.15) is 33.6 Å². The standard InChI is InChI=1S/C20H25F3N2O6S/c1-19(2,3)17(18(27)28)24-16(26)12-13-8-10-25(11-9-13)32(29,30)15-6-4-14(5-7-15)31-20(21,22)23/h4-7,12,17H,8-11H2,1-3H3,(H,24,26)(H,27,28). The van der Waals surface area contributed by atoms with E-state index in [4.69, 9.17) is 0 Å². The Labute approximate surface area is 184 Å². The number of carboxylic acids is 1. The van der Waals surface area contributed by atoms with Crippen LogP contribution in [-0.2, 0) is 19.6 Å². The number of benzene rings is 1. The van der Waals surface area contributed by atoms with Crippen LogP contribution < -0.4 is 10.1 Å². The molecule has 0 bridgehead atoms. The number of alkyl halides is 3. The summed E-state index contributed by atoms with van der Waals surface area (Å²) in [4.78, 5) is 23.4. The Bertz CT molecular complexity index is 972. The van der Waals surface area contributed by atoms with Crippen LogP contribution >= 0.6 is 0 Å². The number of sulfonamides is 1. The van der Waals surface area contributed by atoms with E-state index in [1.54, 1.807) is 20.8 Å². The third-order valence-corrected chi connectivity index (χ3v) is 6.71. The maximum absolute atomic E-state index is 12.7. The molecule has 1 fully saturated rings. The first-order valence-electron chi connectivity index (χ1n) is 9.68. The molecule has 8 nitrogen and oxygen atoms in total. The van der Waals surface area contributed by atoms with E-state index in [-0.39, 0.29) is 30.8 Å². The molecule has 1 amide bonds. The van der Waals surface area contributed by atoms with Gasteiger partial charge in [0.15, 0.2) is 0 Å². The highest BCUT2D eigenvalue weighted by Crippen LogP contribution is 2.27. The van der Waals surface area contributed by atoms with Crippen LogP contribution in [0.5, 0.6) is 5.75 Å². The molecule has 1 aliphatic heterocycles. The summed E-state index contributed by atoms with van der Waals surface area (Å²) in [6, 6.07) is 2.83. The Morgan fingerprint density at radius 2 is 1.66 bits per heavy atom. The summed E-state index contributed by atoms with van der Waals surface area (Å²) in [5.41, 5.74) is -0.0288. The molecule has 1 aromatic carbocycles. The van der Waals surface area contributed by atoms with Gasteiger partial charge in [-0.15, -0.1) is 13.2 Å². The number of hydrogen-bond donors (Lipinski definition) is 2. The van der Waals surface area contributed by atoms with Crippen LogP contribution in [0, 0.1) is 5.41 Å². The Morgan fingerprint density at radius 3 is 2.09 bits per heavy atom. The molecule has 0 aliphatic carbocycles.